The van der Waals surface area contributed by atoms with Gasteiger partial charge in [-0.3, -0.25) is 0 Å². The lowest BCUT2D eigenvalue weighted by atomic mass is 10.2. The Balaban J connectivity index is 1.37. The van der Waals surface area contributed by atoms with Gasteiger partial charge in [0.05, 0.1) is 37.4 Å². The molecular formula is C18H20N4O2. The first-order valence-corrected chi connectivity index (χ1v) is 8.11. The number of anilines is 1. The van der Waals surface area contributed by atoms with Crippen molar-refractivity contribution in [2.75, 3.05) is 18.9 Å². The Kier molecular flexibility index (Phi) is 4.15. The molecule has 0 amide bonds. The number of rotatable bonds is 5. The van der Waals surface area contributed by atoms with Gasteiger partial charge in [0.15, 0.2) is 0 Å². The quantitative estimate of drug-likeness (QED) is 0.780. The number of nitrogen functional groups attached to an aromatic ring is 1. The van der Waals surface area contributed by atoms with Crippen LogP contribution in [0.4, 0.5) is 5.82 Å². The lowest BCUT2D eigenvalue weighted by Gasteiger charge is -2.12. The summed E-state index contributed by atoms with van der Waals surface area (Å²) >= 11 is 0. The Morgan fingerprint density at radius 2 is 2.08 bits per heavy atom. The fourth-order valence-electron chi connectivity index (χ4n) is 3.16. The molecule has 2 aromatic heterocycles. The molecule has 0 bridgehead atoms. The number of hydrogen-bond acceptors (Lipinski definition) is 5. The lowest BCUT2D eigenvalue weighted by Crippen LogP contribution is -2.14. The monoisotopic (exact) mass is 324 g/mol. The third kappa shape index (κ3) is 2.98. The average Bonchev–Trinajstić information content (AvgIpc) is 3.23. The number of hydrogen-bond donors (Lipinski definition) is 1. The molecule has 0 radical (unpaired) electrons. The molecule has 1 fully saturated rings. The van der Waals surface area contributed by atoms with Crippen molar-refractivity contribution in [3.8, 4) is 0 Å². The summed E-state index contributed by atoms with van der Waals surface area (Å²) in [5, 5.41) is 0.890. The van der Waals surface area contributed by atoms with Crippen molar-refractivity contribution < 1.29 is 9.47 Å². The summed E-state index contributed by atoms with van der Waals surface area (Å²) in [6, 6.07) is 12.4. The summed E-state index contributed by atoms with van der Waals surface area (Å²) in [6.07, 6.45) is 4.53. The molecule has 1 aliphatic heterocycles. The van der Waals surface area contributed by atoms with Crippen LogP contribution in [0.5, 0.6) is 0 Å². The zero-order valence-corrected chi connectivity index (χ0v) is 13.3. The van der Waals surface area contributed by atoms with E-state index in [0.717, 1.165) is 17.5 Å². The maximum absolute atomic E-state index is 5.90. The van der Waals surface area contributed by atoms with Gasteiger partial charge < -0.3 is 19.8 Å². The van der Waals surface area contributed by atoms with E-state index in [2.05, 4.69) is 26.7 Å². The molecule has 4 rings (SSSR count). The van der Waals surface area contributed by atoms with Gasteiger partial charge in [-0.05, 0) is 18.1 Å². The van der Waals surface area contributed by atoms with Crippen molar-refractivity contribution in [1.29, 1.82) is 0 Å². The largest absolute Gasteiger partial charge is 0.383 e. The van der Waals surface area contributed by atoms with Crippen LogP contribution >= 0.6 is 0 Å². The molecular weight excluding hydrogens is 304 g/mol. The first-order valence-electron chi connectivity index (χ1n) is 8.11. The molecule has 1 aromatic carbocycles. The van der Waals surface area contributed by atoms with Crippen molar-refractivity contribution in [3.63, 3.8) is 0 Å². The molecule has 6 nitrogen and oxygen atoms in total. The van der Waals surface area contributed by atoms with Crippen molar-refractivity contribution in [2.24, 2.45) is 0 Å². The topological polar surface area (TPSA) is 75.2 Å². The van der Waals surface area contributed by atoms with Crippen LogP contribution < -0.4 is 5.73 Å². The molecule has 3 aromatic rings. The molecule has 0 saturated carbocycles. The standard InChI is InChI=1S/C18H20N4O2/c19-17-16-6-7-22(18(16)21-12-20-17)14-8-15(24-10-14)11-23-9-13-4-2-1-3-5-13/h1-7,12,14-15H,8-11H2,(H2,19,20,21)/t14-,15-/m0/s1. The molecule has 0 aliphatic carbocycles. The number of nitrogens with zero attached hydrogens (tertiary/aromatic N) is 3. The third-order valence-electron chi connectivity index (χ3n) is 4.41. The van der Waals surface area contributed by atoms with E-state index in [1.54, 1.807) is 0 Å². The van der Waals surface area contributed by atoms with Gasteiger partial charge in [0.1, 0.15) is 17.8 Å². The zero-order chi connectivity index (χ0) is 16.4. The van der Waals surface area contributed by atoms with Crippen LogP contribution in [0.1, 0.15) is 18.0 Å². The smallest absolute Gasteiger partial charge is 0.145 e. The maximum Gasteiger partial charge on any atom is 0.145 e. The number of nitrogens with two attached hydrogens (primary N) is 1. The number of aromatic nitrogens is 3. The lowest BCUT2D eigenvalue weighted by molar-refractivity contribution is 0.0101. The molecule has 2 atom stereocenters. The Bertz CT molecular complexity index is 818. The summed E-state index contributed by atoms with van der Waals surface area (Å²) in [6.45, 7) is 1.87. The molecule has 2 N–H and O–H groups in total. The van der Waals surface area contributed by atoms with Gasteiger partial charge in [-0.1, -0.05) is 30.3 Å². The first kappa shape index (κ1) is 15.1. The van der Waals surface area contributed by atoms with E-state index < -0.39 is 0 Å². The summed E-state index contributed by atoms with van der Waals surface area (Å²) in [5.41, 5.74) is 7.94. The molecule has 124 valence electrons. The predicted molar refractivity (Wildman–Crippen MR) is 91.4 cm³/mol. The van der Waals surface area contributed by atoms with Gasteiger partial charge in [0, 0.05) is 6.20 Å². The van der Waals surface area contributed by atoms with E-state index in [0.29, 0.717) is 25.6 Å². The number of benzene rings is 1. The van der Waals surface area contributed by atoms with Crippen LogP contribution in [0.15, 0.2) is 48.9 Å². The first-order chi connectivity index (χ1) is 11.8. The normalized spacial score (nSPS) is 20.7. The second-order valence-corrected chi connectivity index (χ2v) is 6.06. The highest BCUT2D eigenvalue weighted by Gasteiger charge is 2.28. The van der Waals surface area contributed by atoms with Crippen LogP contribution in [0.25, 0.3) is 11.0 Å². The Morgan fingerprint density at radius 3 is 2.96 bits per heavy atom. The second kappa shape index (κ2) is 6.59. The van der Waals surface area contributed by atoms with Crippen molar-refractivity contribution in [2.45, 2.75) is 25.2 Å². The van der Waals surface area contributed by atoms with E-state index in [-0.39, 0.29) is 12.1 Å². The van der Waals surface area contributed by atoms with E-state index in [1.807, 2.05) is 30.5 Å². The summed E-state index contributed by atoms with van der Waals surface area (Å²) in [5.74, 6) is 0.514. The molecule has 3 heterocycles. The van der Waals surface area contributed by atoms with E-state index in [1.165, 1.54) is 11.9 Å². The van der Waals surface area contributed by atoms with Crippen molar-refractivity contribution in [3.05, 3.63) is 54.5 Å². The van der Waals surface area contributed by atoms with Gasteiger partial charge in [-0.15, -0.1) is 0 Å². The minimum atomic E-state index is 0.107. The molecule has 0 spiro atoms. The van der Waals surface area contributed by atoms with Gasteiger partial charge in [0.25, 0.3) is 0 Å². The number of fused-ring (bicyclic) bond motifs is 1. The summed E-state index contributed by atoms with van der Waals surface area (Å²) in [7, 11) is 0. The molecule has 6 heteroatoms. The Labute approximate surface area is 140 Å². The summed E-state index contributed by atoms with van der Waals surface area (Å²) < 4.78 is 13.8. The van der Waals surface area contributed by atoms with Gasteiger partial charge in [-0.25, -0.2) is 9.97 Å². The fraction of sp³-hybridized carbons (Fsp3) is 0.333. The zero-order valence-electron chi connectivity index (χ0n) is 13.3. The van der Waals surface area contributed by atoms with Crippen LogP contribution in [0.2, 0.25) is 0 Å². The fourth-order valence-corrected chi connectivity index (χ4v) is 3.16. The number of ether oxygens (including phenoxy) is 2. The minimum absolute atomic E-state index is 0.107. The Hall–Kier alpha value is -2.44. The molecule has 1 aliphatic rings. The van der Waals surface area contributed by atoms with Crippen LogP contribution in [-0.4, -0.2) is 33.9 Å². The highest BCUT2D eigenvalue weighted by atomic mass is 16.5. The van der Waals surface area contributed by atoms with Gasteiger partial charge in [-0.2, -0.15) is 0 Å². The van der Waals surface area contributed by atoms with Crippen LogP contribution in [-0.2, 0) is 16.1 Å². The van der Waals surface area contributed by atoms with E-state index in [4.69, 9.17) is 15.2 Å². The second-order valence-electron chi connectivity index (χ2n) is 6.06. The predicted octanol–water partition coefficient (Wildman–Crippen LogP) is 2.56. The molecule has 24 heavy (non-hydrogen) atoms. The SMILES string of the molecule is Nc1ncnc2c1ccn2[C@@H]1CO[C@H](COCc2ccccc2)C1. The average molecular weight is 324 g/mol. The van der Waals surface area contributed by atoms with Crippen molar-refractivity contribution in [1.82, 2.24) is 14.5 Å². The molecule has 0 unspecified atom stereocenters. The maximum atomic E-state index is 5.90. The van der Waals surface area contributed by atoms with E-state index >= 15 is 0 Å². The molecule has 1 saturated heterocycles. The highest BCUT2D eigenvalue weighted by molar-refractivity contribution is 5.86. The summed E-state index contributed by atoms with van der Waals surface area (Å²) in [4.78, 5) is 8.39. The highest BCUT2D eigenvalue weighted by Crippen LogP contribution is 2.29. The Morgan fingerprint density at radius 1 is 1.21 bits per heavy atom. The third-order valence-corrected chi connectivity index (χ3v) is 4.41. The minimum Gasteiger partial charge on any atom is -0.383 e. The van der Waals surface area contributed by atoms with Crippen LogP contribution in [0.3, 0.4) is 0 Å². The van der Waals surface area contributed by atoms with Crippen molar-refractivity contribution >= 4 is 16.9 Å². The van der Waals surface area contributed by atoms with E-state index in [9.17, 15) is 0 Å². The van der Waals surface area contributed by atoms with Gasteiger partial charge in [0.2, 0.25) is 0 Å². The van der Waals surface area contributed by atoms with Gasteiger partial charge >= 0.3 is 0 Å². The van der Waals surface area contributed by atoms with Crippen LogP contribution in [0, 0.1) is 0 Å².